The van der Waals surface area contributed by atoms with Crippen LogP contribution in [-0.4, -0.2) is 36.5 Å². The van der Waals surface area contributed by atoms with Crippen molar-refractivity contribution in [2.75, 3.05) is 19.6 Å². The van der Waals surface area contributed by atoms with Crippen LogP contribution in [0, 0.1) is 17.2 Å². The molecule has 1 N–H and O–H groups in total. The zero-order chi connectivity index (χ0) is 15.1. The molecule has 1 aromatic carbocycles. The number of piperidine rings is 3. The van der Waals surface area contributed by atoms with Gasteiger partial charge in [0.15, 0.2) is 0 Å². The van der Waals surface area contributed by atoms with Crippen LogP contribution in [0.1, 0.15) is 28.1 Å². The highest BCUT2D eigenvalue weighted by molar-refractivity contribution is 7.21. The predicted octanol–water partition coefficient (Wildman–Crippen LogP) is 2.60. The first-order chi connectivity index (χ1) is 10.7. The number of carbonyl (C=O) groups is 1. The van der Waals surface area contributed by atoms with Crippen LogP contribution in [0.2, 0.25) is 0 Å². The van der Waals surface area contributed by atoms with E-state index in [9.17, 15) is 4.79 Å². The summed E-state index contributed by atoms with van der Waals surface area (Å²) in [6, 6.07) is 9.99. The van der Waals surface area contributed by atoms with Gasteiger partial charge >= 0.3 is 0 Å². The second-order valence-corrected chi connectivity index (χ2v) is 7.22. The van der Waals surface area contributed by atoms with Crippen molar-refractivity contribution < 1.29 is 4.79 Å². The van der Waals surface area contributed by atoms with Crippen molar-refractivity contribution in [2.24, 2.45) is 5.92 Å². The molecular weight excluding hydrogens is 294 g/mol. The van der Waals surface area contributed by atoms with Crippen molar-refractivity contribution in [3.8, 4) is 6.07 Å². The maximum absolute atomic E-state index is 12.6. The van der Waals surface area contributed by atoms with E-state index in [0.29, 0.717) is 16.4 Å². The summed E-state index contributed by atoms with van der Waals surface area (Å²) in [6.07, 6.45) is 2.38. The first-order valence-corrected chi connectivity index (χ1v) is 8.52. The first kappa shape index (κ1) is 13.7. The van der Waals surface area contributed by atoms with Gasteiger partial charge in [-0.3, -0.25) is 4.79 Å². The molecule has 3 saturated heterocycles. The zero-order valence-corrected chi connectivity index (χ0v) is 13.0. The van der Waals surface area contributed by atoms with E-state index < -0.39 is 0 Å². The van der Waals surface area contributed by atoms with E-state index >= 15 is 0 Å². The quantitative estimate of drug-likeness (QED) is 0.927. The average Bonchev–Trinajstić information content (AvgIpc) is 3.00. The van der Waals surface area contributed by atoms with Crippen LogP contribution in [-0.2, 0) is 0 Å². The molecule has 112 valence electrons. The van der Waals surface area contributed by atoms with Gasteiger partial charge in [-0.2, -0.15) is 5.26 Å². The van der Waals surface area contributed by atoms with Crippen LogP contribution in [0.5, 0.6) is 0 Å². The summed E-state index contributed by atoms with van der Waals surface area (Å²) in [5.74, 6) is 0.627. The van der Waals surface area contributed by atoms with Gasteiger partial charge < -0.3 is 10.2 Å². The lowest BCUT2D eigenvalue weighted by Gasteiger charge is -2.44. The highest BCUT2D eigenvalue weighted by Crippen LogP contribution is 2.30. The molecule has 0 unspecified atom stereocenters. The van der Waals surface area contributed by atoms with Crippen LogP contribution >= 0.6 is 11.3 Å². The number of thiophene rings is 1. The summed E-state index contributed by atoms with van der Waals surface area (Å²) in [5, 5.41) is 13.4. The fourth-order valence-corrected chi connectivity index (χ4v) is 4.66. The summed E-state index contributed by atoms with van der Waals surface area (Å²) in [4.78, 5) is 15.7. The molecule has 4 nitrogen and oxygen atoms in total. The second kappa shape index (κ2) is 5.38. The van der Waals surface area contributed by atoms with E-state index in [1.165, 1.54) is 37.3 Å². The maximum atomic E-state index is 12.6. The molecule has 1 aromatic heterocycles. The van der Waals surface area contributed by atoms with Crippen LogP contribution in [0.15, 0.2) is 24.3 Å². The van der Waals surface area contributed by atoms with E-state index in [1.54, 1.807) is 6.07 Å². The minimum absolute atomic E-state index is 0.00356. The molecule has 2 aromatic rings. The van der Waals surface area contributed by atoms with E-state index in [2.05, 4.69) is 16.3 Å². The lowest BCUT2D eigenvalue weighted by atomic mass is 9.84. The van der Waals surface area contributed by atoms with Crippen molar-refractivity contribution >= 4 is 27.3 Å². The zero-order valence-electron chi connectivity index (χ0n) is 12.2. The van der Waals surface area contributed by atoms with E-state index in [4.69, 9.17) is 5.26 Å². The molecule has 0 radical (unpaired) electrons. The molecule has 3 fully saturated rings. The van der Waals surface area contributed by atoms with Gasteiger partial charge in [0.2, 0.25) is 0 Å². The van der Waals surface area contributed by atoms with Gasteiger partial charge in [-0.1, -0.05) is 12.1 Å². The number of hydrogen-bond acceptors (Lipinski definition) is 4. The minimum Gasteiger partial charge on any atom is -0.347 e. The standard InChI is InChI=1S/C17H17N3OS/c18-9-13-3-1-2-12-8-15(22-16(12)13)17(21)19-14-10-20-6-4-11(14)5-7-20/h1-3,8,11,14H,4-7,10H2,(H,19,21)/t14-/m0/s1. The maximum Gasteiger partial charge on any atom is 0.261 e. The van der Waals surface area contributed by atoms with E-state index in [-0.39, 0.29) is 11.9 Å². The highest BCUT2D eigenvalue weighted by Gasteiger charge is 2.35. The van der Waals surface area contributed by atoms with Crippen LogP contribution in [0.3, 0.4) is 0 Å². The number of hydrogen-bond donors (Lipinski definition) is 1. The Hall–Kier alpha value is -1.90. The number of rotatable bonds is 2. The average molecular weight is 311 g/mol. The number of fused-ring (bicyclic) bond motifs is 4. The van der Waals surface area contributed by atoms with Crippen molar-refractivity contribution in [2.45, 2.75) is 18.9 Å². The molecule has 3 aliphatic rings. The first-order valence-electron chi connectivity index (χ1n) is 7.70. The van der Waals surface area contributed by atoms with E-state index in [1.807, 2.05) is 18.2 Å². The smallest absolute Gasteiger partial charge is 0.261 e. The van der Waals surface area contributed by atoms with Gasteiger partial charge in [0, 0.05) is 12.6 Å². The third-order valence-corrected chi connectivity index (χ3v) is 6.04. The van der Waals surface area contributed by atoms with Gasteiger partial charge in [-0.15, -0.1) is 11.3 Å². The largest absolute Gasteiger partial charge is 0.347 e. The van der Waals surface area contributed by atoms with Crippen molar-refractivity contribution in [3.05, 3.63) is 34.7 Å². The molecule has 1 amide bonds. The molecule has 22 heavy (non-hydrogen) atoms. The third kappa shape index (κ3) is 2.29. The lowest BCUT2D eigenvalue weighted by Crippen LogP contribution is -2.57. The molecule has 1 atom stereocenters. The molecule has 0 spiro atoms. The molecule has 5 heteroatoms. The SMILES string of the molecule is N#Cc1cccc2cc(C(=O)N[C@H]3CN4CCC3CC4)sc12. The molecule has 0 saturated carbocycles. The van der Waals surface area contributed by atoms with Gasteiger partial charge in [0.05, 0.1) is 15.1 Å². The summed E-state index contributed by atoms with van der Waals surface area (Å²) in [5.41, 5.74) is 0.643. The highest BCUT2D eigenvalue weighted by atomic mass is 32.1. The lowest BCUT2D eigenvalue weighted by molar-refractivity contribution is 0.0622. The molecule has 5 rings (SSSR count). The Morgan fingerprint density at radius 1 is 1.36 bits per heavy atom. The number of amides is 1. The van der Waals surface area contributed by atoms with Crippen LogP contribution < -0.4 is 5.32 Å². The normalized spacial score (nSPS) is 26.8. The Bertz CT molecular complexity index is 768. The van der Waals surface area contributed by atoms with Crippen molar-refractivity contribution in [1.82, 2.24) is 10.2 Å². The Labute approximate surface area is 133 Å². The summed E-state index contributed by atoms with van der Waals surface area (Å²) >= 11 is 1.42. The Morgan fingerprint density at radius 2 is 2.18 bits per heavy atom. The summed E-state index contributed by atoms with van der Waals surface area (Å²) in [6.45, 7) is 3.32. The Kier molecular flexibility index (Phi) is 3.36. The molecule has 4 heterocycles. The van der Waals surface area contributed by atoms with Gasteiger partial charge in [0.1, 0.15) is 6.07 Å². The van der Waals surface area contributed by atoms with Gasteiger partial charge in [-0.05, 0) is 49.4 Å². The monoisotopic (exact) mass is 311 g/mol. The number of carbonyl (C=O) groups excluding carboxylic acids is 1. The second-order valence-electron chi connectivity index (χ2n) is 6.16. The number of nitrogens with zero attached hydrogens (tertiary/aromatic N) is 2. The number of benzene rings is 1. The van der Waals surface area contributed by atoms with Gasteiger partial charge in [-0.25, -0.2) is 0 Å². The van der Waals surface area contributed by atoms with Crippen molar-refractivity contribution in [1.29, 1.82) is 5.26 Å². The summed E-state index contributed by atoms with van der Waals surface area (Å²) in [7, 11) is 0. The molecule has 2 bridgehead atoms. The number of nitrogens with one attached hydrogen (secondary N) is 1. The fraction of sp³-hybridized carbons (Fsp3) is 0.412. The minimum atomic E-state index is 0.00356. The van der Waals surface area contributed by atoms with Gasteiger partial charge in [0.25, 0.3) is 5.91 Å². The topological polar surface area (TPSA) is 56.1 Å². The Balaban J connectivity index is 1.57. The predicted molar refractivity (Wildman–Crippen MR) is 87.0 cm³/mol. The summed E-state index contributed by atoms with van der Waals surface area (Å²) < 4.78 is 0.907. The van der Waals surface area contributed by atoms with Crippen LogP contribution in [0.25, 0.3) is 10.1 Å². The third-order valence-electron chi connectivity index (χ3n) is 4.86. The molecule has 3 aliphatic heterocycles. The van der Waals surface area contributed by atoms with E-state index in [0.717, 1.165) is 16.6 Å². The van der Waals surface area contributed by atoms with Crippen LogP contribution in [0.4, 0.5) is 0 Å². The molecule has 0 aliphatic carbocycles. The van der Waals surface area contributed by atoms with Crippen molar-refractivity contribution in [3.63, 3.8) is 0 Å². The Morgan fingerprint density at radius 3 is 2.86 bits per heavy atom. The fourth-order valence-electron chi connectivity index (χ4n) is 3.63. The number of nitriles is 1. The molecular formula is C17H17N3OS.